The molecule has 0 aliphatic carbocycles. The number of benzene rings is 1. The van der Waals surface area contributed by atoms with Crippen LogP contribution in [-0.4, -0.2) is 25.5 Å². The molecule has 0 bridgehead atoms. The zero-order valence-electron chi connectivity index (χ0n) is 9.96. The average Bonchev–Trinajstić information content (AvgIpc) is 2.26. The molecule has 0 saturated carbocycles. The van der Waals surface area contributed by atoms with Crippen LogP contribution < -0.4 is 10.6 Å². The van der Waals surface area contributed by atoms with Crippen LogP contribution in [0, 0.1) is 5.92 Å². The molecular weight excluding hydrogens is 281 g/mol. The summed E-state index contributed by atoms with van der Waals surface area (Å²) >= 11 is 0. The third kappa shape index (κ3) is 4.11. The Hall–Kier alpha value is -1.27. The number of rotatable bonds is 3. The third-order valence-electron chi connectivity index (χ3n) is 2.87. The average molecular weight is 295 g/mol. The van der Waals surface area contributed by atoms with Gasteiger partial charge in [-0.1, -0.05) is 6.07 Å². The zero-order chi connectivity index (χ0) is 13.2. The molecule has 0 spiro atoms. The summed E-state index contributed by atoms with van der Waals surface area (Å²) in [6.45, 7) is 2.16. The van der Waals surface area contributed by atoms with Crippen LogP contribution in [0.5, 0.6) is 0 Å². The van der Waals surface area contributed by atoms with E-state index < -0.39 is 17.6 Å². The van der Waals surface area contributed by atoms with E-state index in [9.17, 15) is 18.0 Å². The summed E-state index contributed by atoms with van der Waals surface area (Å²) in [6.07, 6.45) is -4.42. The number of hydrogen-bond donors (Lipinski definition) is 2. The minimum atomic E-state index is -4.42. The molecule has 1 aromatic rings. The molecule has 0 unspecified atom stereocenters. The summed E-state index contributed by atoms with van der Waals surface area (Å²) < 4.78 is 37.4. The predicted molar refractivity (Wildman–Crippen MR) is 67.4 cm³/mol. The van der Waals surface area contributed by atoms with Gasteiger partial charge in [-0.15, -0.1) is 12.4 Å². The van der Waals surface area contributed by atoms with Gasteiger partial charge < -0.3 is 10.6 Å². The van der Waals surface area contributed by atoms with Gasteiger partial charge >= 0.3 is 6.18 Å². The van der Waals surface area contributed by atoms with Gasteiger partial charge in [0.25, 0.3) is 5.91 Å². The van der Waals surface area contributed by atoms with Crippen molar-refractivity contribution in [1.82, 2.24) is 10.6 Å². The van der Waals surface area contributed by atoms with Crippen molar-refractivity contribution in [2.45, 2.75) is 6.18 Å². The Morgan fingerprint density at radius 2 is 2.05 bits per heavy atom. The molecule has 1 aliphatic rings. The predicted octanol–water partition coefficient (Wildman–Crippen LogP) is 2.08. The van der Waals surface area contributed by atoms with Crippen molar-refractivity contribution in [2.24, 2.45) is 5.92 Å². The van der Waals surface area contributed by atoms with Gasteiger partial charge in [-0.25, -0.2) is 0 Å². The highest BCUT2D eigenvalue weighted by atomic mass is 35.5. The Balaban J connectivity index is 0.00000180. The Kier molecular flexibility index (Phi) is 5.20. The molecule has 1 heterocycles. The van der Waals surface area contributed by atoms with E-state index in [2.05, 4.69) is 10.6 Å². The molecule has 0 aromatic heterocycles. The molecule has 1 aliphatic heterocycles. The standard InChI is InChI=1S/C12H13F3N2O.ClH/c13-12(14,15)10-3-1-2-9(4-10)11(18)17-7-8-5-16-6-8;/h1-4,8,16H,5-7H2,(H,17,18);1H. The summed E-state index contributed by atoms with van der Waals surface area (Å²) in [5.74, 6) is -0.0900. The highest BCUT2D eigenvalue weighted by Crippen LogP contribution is 2.29. The number of amides is 1. The minimum Gasteiger partial charge on any atom is -0.352 e. The molecule has 19 heavy (non-hydrogen) atoms. The number of alkyl halides is 3. The van der Waals surface area contributed by atoms with Crippen LogP contribution in [0.15, 0.2) is 24.3 Å². The molecule has 1 amide bonds. The topological polar surface area (TPSA) is 41.1 Å². The molecule has 2 N–H and O–H groups in total. The first-order valence-electron chi connectivity index (χ1n) is 5.63. The molecule has 106 valence electrons. The second kappa shape index (κ2) is 6.25. The smallest absolute Gasteiger partial charge is 0.352 e. The summed E-state index contributed by atoms with van der Waals surface area (Å²) in [5, 5.41) is 5.69. The van der Waals surface area contributed by atoms with Gasteiger partial charge in [-0.05, 0) is 18.2 Å². The number of nitrogens with one attached hydrogen (secondary N) is 2. The van der Waals surface area contributed by atoms with Crippen LogP contribution in [0.4, 0.5) is 13.2 Å². The van der Waals surface area contributed by atoms with Crippen molar-refractivity contribution in [1.29, 1.82) is 0 Å². The van der Waals surface area contributed by atoms with Gasteiger partial charge in [0.05, 0.1) is 5.56 Å². The SMILES string of the molecule is Cl.O=C(NCC1CNC1)c1cccc(C(F)(F)F)c1. The van der Waals surface area contributed by atoms with Crippen molar-refractivity contribution in [3.63, 3.8) is 0 Å². The van der Waals surface area contributed by atoms with Crippen LogP contribution >= 0.6 is 12.4 Å². The van der Waals surface area contributed by atoms with E-state index in [0.29, 0.717) is 12.5 Å². The van der Waals surface area contributed by atoms with Crippen molar-refractivity contribution in [2.75, 3.05) is 19.6 Å². The van der Waals surface area contributed by atoms with Gasteiger partial charge in [0.2, 0.25) is 0 Å². The van der Waals surface area contributed by atoms with Gasteiger partial charge in [-0.2, -0.15) is 13.2 Å². The van der Waals surface area contributed by atoms with Crippen LogP contribution in [0.2, 0.25) is 0 Å². The highest BCUT2D eigenvalue weighted by Gasteiger charge is 2.30. The van der Waals surface area contributed by atoms with E-state index in [1.165, 1.54) is 12.1 Å². The van der Waals surface area contributed by atoms with E-state index in [4.69, 9.17) is 0 Å². The first-order chi connectivity index (χ1) is 8.47. The second-order valence-electron chi connectivity index (χ2n) is 4.31. The Morgan fingerprint density at radius 3 is 2.58 bits per heavy atom. The molecule has 0 atom stereocenters. The lowest BCUT2D eigenvalue weighted by atomic mass is 10.0. The summed E-state index contributed by atoms with van der Waals surface area (Å²) in [5.41, 5.74) is -0.766. The Labute approximate surface area is 115 Å². The second-order valence-corrected chi connectivity index (χ2v) is 4.31. The lowest BCUT2D eigenvalue weighted by molar-refractivity contribution is -0.137. The maximum absolute atomic E-state index is 12.5. The molecule has 2 rings (SSSR count). The number of halogens is 4. The lowest BCUT2D eigenvalue weighted by Crippen LogP contribution is -2.48. The fraction of sp³-hybridized carbons (Fsp3) is 0.417. The van der Waals surface area contributed by atoms with E-state index >= 15 is 0 Å². The number of hydrogen-bond acceptors (Lipinski definition) is 2. The molecule has 1 saturated heterocycles. The van der Waals surface area contributed by atoms with Crippen molar-refractivity contribution in [3.05, 3.63) is 35.4 Å². The Bertz CT molecular complexity index is 447. The maximum atomic E-state index is 12.5. The van der Waals surface area contributed by atoms with E-state index in [1.54, 1.807) is 0 Å². The van der Waals surface area contributed by atoms with Crippen LogP contribution in [0.3, 0.4) is 0 Å². The summed E-state index contributed by atoms with van der Waals surface area (Å²) in [7, 11) is 0. The monoisotopic (exact) mass is 294 g/mol. The largest absolute Gasteiger partial charge is 0.416 e. The molecular formula is C12H14ClF3N2O. The van der Waals surface area contributed by atoms with E-state index in [-0.39, 0.29) is 18.0 Å². The fourth-order valence-electron chi connectivity index (χ4n) is 1.67. The molecule has 1 aromatic carbocycles. The van der Waals surface area contributed by atoms with E-state index in [1.807, 2.05) is 0 Å². The van der Waals surface area contributed by atoms with Crippen molar-refractivity contribution >= 4 is 18.3 Å². The minimum absolute atomic E-state index is 0. The fourth-order valence-corrected chi connectivity index (χ4v) is 1.67. The van der Waals surface area contributed by atoms with Crippen molar-refractivity contribution < 1.29 is 18.0 Å². The van der Waals surface area contributed by atoms with Crippen LogP contribution in [0.25, 0.3) is 0 Å². The first-order valence-corrected chi connectivity index (χ1v) is 5.63. The Morgan fingerprint density at radius 1 is 1.37 bits per heavy atom. The molecule has 7 heteroatoms. The highest BCUT2D eigenvalue weighted by molar-refractivity contribution is 5.94. The van der Waals surface area contributed by atoms with E-state index in [0.717, 1.165) is 25.2 Å². The van der Waals surface area contributed by atoms with Gasteiger partial charge in [-0.3, -0.25) is 4.79 Å². The van der Waals surface area contributed by atoms with Gasteiger partial charge in [0.1, 0.15) is 0 Å². The molecule has 1 fully saturated rings. The summed E-state index contributed by atoms with van der Waals surface area (Å²) in [4.78, 5) is 11.7. The summed E-state index contributed by atoms with van der Waals surface area (Å²) in [6, 6.07) is 4.44. The number of carbonyl (C=O) groups is 1. The molecule has 0 radical (unpaired) electrons. The first kappa shape index (κ1) is 15.8. The zero-order valence-corrected chi connectivity index (χ0v) is 10.8. The van der Waals surface area contributed by atoms with Crippen molar-refractivity contribution in [3.8, 4) is 0 Å². The molecule has 3 nitrogen and oxygen atoms in total. The normalized spacial score (nSPS) is 15.3. The quantitative estimate of drug-likeness (QED) is 0.896. The maximum Gasteiger partial charge on any atom is 0.416 e. The van der Waals surface area contributed by atoms with Crippen LogP contribution in [-0.2, 0) is 6.18 Å². The van der Waals surface area contributed by atoms with Gasteiger partial charge in [0, 0.05) is 31.1 Å². The lowest BCUT2D eigenvalue weighted by Gasteiger charge is -2.27. The third-order valence-corrected chi connectivity index (χ3v) is 2.87. The van der Waals surface area contributed by atoms with Gasteiger partial charge in [0.15, 0.2) is 0 Å². The number of carbonyl (C=O) groups excluding carboxylic acids is 1. The van der Waals surface area contributed by atoms with Crippen LogP contribution in [0.1, 0.15) is 15.9 Å².